The van der Waals surface area contributed by atoms with E-state index >= 15 is 0 Å². The van der Waals surface area contributed by atoms with E-state index in [-0.39, 0.29) is 30.8 Å². The second-order valence-corrected chi connectivity index (χ2v) is 7.44. The van der Waals surface area contributed by atoms with Crippen molar-refractivity contribution in [3.63, 3.8) is 0 Å². The van der Waals surface area contributed by atoms with Gasteiger partial charge in [0.2, 0.25) is 5.91 Å². The van der Waals surface area contributed by atoms with Crippen molar-refractivity contribution < 1.29 is 14.4 Å². The predicted molar refractivity (Wildman–Crippen MR) is 103 cm³/mol. The first kappa shape index (κ1) is 19.2. The molecule has 1 saturated heterocycles. The number of aromatic nitrogens is 4. The van der Waals surface area contributed by atoms with Crippen LogP contribution in [0.3, 0.4) is 0 Å². The summed E-state index contributed by atoms with van der Waals surface area (Å²) in [5.74, 6) is -0.200. The average Bonchev–Trinajstić information content (AvgIpc) is 3.23. The zero-order valence-corrected chi connectivity index (χ0v) is 16.3. The molecule has 2 aliphatic heterocycles. The first-order valence-corrected chi connectivity index (χ1v) is 10.1. The first-order valence-electron chi connectivity index (χ1n) is 10.1. The van der Waals surface area contributed by atoms with Gasteiger partial charge in [-0.05, 0) is 30.2 Å². The lowest BCUT2D eigenvalue weighted by Gasteiger charge is -2.24. The Morgan fingerprint density at radius 2 is 1.55 bits per heavy atom. The molecule has 9 heteroatoms. The molecule has 0 aliphatic carbocycles. The zero-order chi connectivity index (χ0) is 20.2. The van der Waals surface area contributed by atoms with E-state index in [2.05, 4.69) is 15.4 Å². The van der Waals surface area contributed by atoms with E-state index < -0.39 is 0 Å². The summed E-state index contributed by atoms with van der Waals surface area (Å²) in [4.78, 5) is 41.7. The van der Waals surface area contributed by atoms with Gasteiger partial charge < -0.3 is 4.90 Å². The van der Waals surface area contributed by atoms with Crippen LogP contribution >= 0.6 is 0 Å². The van der Waals surface area contributed by atoms with Gasteiger partial charge in [0.15, 0.2) is 5.82 Å². The third kappa shape index (κ3) is 4.18. The quantitative estimate of drug-likeness (QED) is 0.706. The van der Waals surface area contributed by atoms with Crippen LogP contribution in [0.25, 0.3) is 0 Å². The molecule has 29 heavy (non-hydrogen) atoms. The van der Waals surface area contributed by atoms with Gasteiger partial charge >= 0.3 is 0 Å². The van der Waals surface area contributed by atoms with Crippen molar-refractivity contribution in [3.05, 3.63) is 41.2 Å². The van der Waals surface area contributed by atoms with E-state index in [0.717, 1.165) is 38.8 Å². The molecule has 0 unspecified atom stereocenters. The van der Waals surface area contributed by atoms with E-state index in [1.165, 1.54) is 16.1 Å². The minimum atomic E-state index is -0.301. The summed E-state index contributed by atoms with van der Waals surface area (Å²) >= 11 is 0. The maximum atomic E-state index is 12.5. The Kier molecular flexibility index (Phi) is 5.64. The highest BCUT2D eigenvalue weighted by Crippen LogP contribution is 2.22. The Balaban J connectivity index is 1.32. The summed E-state index contributed by atoms with van der Waals surface area (Å²) in [5.41, 5.74) is 0.848. The maximum absolute atomic E-state index is 12.5. The molecular formula is C20H24N6O3. The van der Waals surface area contributed by atoms with E-state index in [0.29, 0.717) is 23.4 Å². The molecule has 0 bridgehead atoms. The average molecular weight is 396 g/mol. The lowest BCUT2D eigenvalue weighted by atomic mass is 10.1. The van der Waals surface area contributed by atoms with Gasteiger partial charge in [-0.1, -0.05) is 31.4 Å². The minimum absolute atomic E-state index is 0.00352. The van der Waals surface area contributed by atoms with Crippen LogP contribution in [0.2, 0.25) is 0 Å². The summed E-state index contributed by atoms with van der Waals surface area (Å²) in [7, 11) is 0. The number of imide groups is 1. The topological polar surface area (TPSA) is 101 Å². The van der Waals surface area contributed by atoms with Gasteiger partial charge in [0.05, 0.1) is 11.1 Å². The molecule has 3 heterocycles. The molecule has 1 aromatic heterocycles. The highest BCUT2D eigenvalue weighted by Gasteiger charge is 2.34. The fourth-order valence-electron chi connectivity index (χ4n) is 3.82. The number of nitrogens with zero attached hydrogens (tertiary/aromatic N) is 6. The monoisotopic (exact) mass is 396 g/mol. The molecule has 1 fully saturated rings. The molecule has 1 aromatic carbocycles. The summed E-state index contributed by atoms with van der Waals surface area (Å²) < 4.78 is 0. The highest BCUT2D eigenvalue weighted by atomic mass is 16.2. The second kappa shape index (κ2) is 8.50. The van der Waals surface area contributed by atoms with E-state index in [4.69, 9.17) is 0 Å². The third-order valence-electron chi connectivity index (χ3n) is 5.42. The van der Waals surface area contributed by atoms with Crippen LogP contribution in [-0.4, -0.2) is 67.4 Å². The van der Waals surface area contributed by atoms with Gasteiger partial charge in [0.25, 0.3) is 11.8 Å². The van der Waals surface area contributed by atoms with Crippen LogP contribution in [0.5, 0.6) is 0 Å². The molecule has 0 spiro atoms. The second-order valence-electron chi connectivity index (χ2n) is 7.44. The lowest BCUT2D eigenvalue weighted by molar-refractivity contribution is -0.132. The summed E-state index contributed by atoms with van der Waals surface area (Å²) in [6, 6.07) is 6.79. The fraction of sp³-hybridized carbons (Fsp3) is 0.500. The van der Waals surface area contributed by atoms with Crippen molar-refractivity contribution >= 4 is 17.7 Å². The Bertz CT molecular complexity index is 881. The molecule has 2 aliphatic rings. The zero-order valence-electron chi connectivity index (χ0n) is 16.3. The number of carbonyl (C=O) groups is 3. The van der Waals surface area contributed by atoms with Gasteiger partial charge in [0, 0.05) is 26.1 Å². The molecule has 0 N–H and O–H groups in total. The summed E-state index contributed by atoms with van der Waals surface area (Å²) in [5, 5.41) is 12.2. The Morgan fingerprint density at radius 3 is 2.21 bits per heavy atom. The number of benzene rings is 1. The van der Waals surface area contributed by atoms with Crippen LogP contribution in [0.4, 0.5) is 0 Å². The largest absolute Gasteiger partial charge is 0.341 e. The highest BCUT2D eigenvalue weighted by molar-refractivity contribution is 6.21. The third-order valence-corrected chi connectivity index (χ3v) is 5.42. The first-order chi connectivity index (χ1) is 14.1. The van der Waals surface area contributed by atoms with Crippen LogP contribution < -0.4 is 0 Å². The Hall–Kier alpha value is -3.10. The maximum Gasteiger partial charge on any atom is 0.261 e. The molecule has 4 rings (SSSR count). The molecule has 0 radical (unpaired) electrons. The number of amides is 3. The molecular weight excluding hydrogens is 372 g/mol. The van der Waals surface area contributed by atoms with E-state index in [1.807, 2.05) is 4.90 Å². The Labute approximate surface area is 168 Å². The summed E-state index contributed by atoms with van der Waals surface area (Å²) in [6.45, 7) is 1.79. The molecule has 2 aromatic rings. The molecule has 9 nitrogen and oxygen atoms in total. The molecule has 0 saturated carbocycles. The van der Waals surface area contributed by atoms with Gasteiger partial charge in [-0.3, -0.25) is 19.3 Å². The van der Waals surface area contributed by atoms with Gasteiger partial charge in [0.1, 0.15) is 6.54 Å². The van der Waals surface area contributed by atoms with Crippen molar-refractivity contribution in [3.8, 4) is 0 Å². The van der Waals surface area contributed by atoms with Crippen LogP contribution in [0.15, 0.2) is 24.3 Å². The Morgan fingerprint density at radius 1 is 0.931 bits per heavy atom. The van der Waals surface area contributed by atoms with Gasteiger partial charge in [-0.25, -0.2) is 0 Å². The van der Waals surface area contributed by atoms with Crippen molar-refractivity contribution in [2.45, 2.75) is 45.1 Å². The molecule has 0 atom stereocenters. The van der Waals surface area contributed by atoms with Crippen LogP contribution in [-0.2, 0) is 17.8 Å². The number of hydrogen-bond acceptors (Lipinski definition) is 6. The van der Waals surface area contributed by atoms with E-state index in [9.17, 15) is 14.4 Å². The summed E-state index contributed by atoms with van der Waals surface area (Å²) in [6.07, 6.45) is 5.91. The normalized spacial score (nSPS) is 17.2. The number of fused-ring (bicyclic) bond motifs is 1. The SMILES string of the molecule is O=C(Cn1nnc(CCN2C(=O)c3ccccc3C2=O)n1)N1CCCCCCC1. The standard InChI is InChI=1S/C20H24N6O3/c27-18(24-11-6-2-1-3-7-12-24)14-26-22-17(21-23-26)10-13-25-19(28)15-8-4-5-9-16(15)20(25)29/h4-5,8-9H,1-3,6-7,10-14H2. The number of likely N-dealkylation sites (tertiary alicyclic amines) is 1. The van der Waals surface area contributed by atoms with Crippen molar-refractivity contribution in [1.29, 1.82) is 0 Å². The van der Waals surface area contributed by atoms with Gasteiger partial charge in [-0.2, -0.15) is 4.80 Å². The molecule has 3 amide bonds. The number of tetrazole rings is 1. The van der Waals surface area contributed by atoms with Crippen LogP contribution in [0, 0.1) is 0 Å². The van der Waals surface area contributed by atoms with Crippen molar-refractivity contribution in [1.82, 2.24) is 30.0 Å². The number of carbonyl (C=O) groups excluding carboxylic acids is 3. The number of rotatable bonds is 5. The van der Waals surface area contributed by atoms with Crippen molar-refractivity contribution in [2.24, 2.45) is 0 Å². The van der Waals surface area contributed by atoms with Crippen LogP contribution in [0.1, 0.15) is 58.6 Å². The fourth-order valence-corrected chi connectivity index (χ4v) is 3.82. The minimum Gasteiger partial charge on any atom is -0.341 e. The predicted octanol–water partition coefficient (Wildman–Crippen LogP) is 1.30. The van der Waals surface area contributed by atoms with E-state index in [1.54, 1.807) is 24.3 Å². The lowest BCUT2D eigenvalue weighted by Crippen LogP contribution is -2.36. The number of hydrogen-bond donors (Lipinski definition) is 0. The van der Waals surface area contributed by atoms with Gasteiger partial charge in [-0.15, -0.1) is 10.2 Å². The molecule has 152 valence electrons. The smallest absolute Gasteiger partial charge is 0.261 e. The van der Waals surface area contributed by atoms with Crippen molar-refractivity contribution in [2.75, 3.05) is 19.6 Å².